The Kier molecular flexibility index (Phi) is 4.27. The predicted molar refractivity (Wildman–Crippen MR) is 70.1 cm³/mol. The molecule has 5 nitrogen and oxygen atoms in total. The molecule has 2 rings (SSSR count). The van der Waals surface area contributed by atoms with E-state index in [2.05, 4.69) is 10.6 Å². The first kappa shape index (κ1) is 13.8. The molecule has 2 N–H and O–H groups in total. The summed E-state index contributed by atoms with van der Waals surface area (Å²) in [4.78, 5) is 11.9. The zero-order chi connectivity index (χ0) is 13.2. The lowest BCUT2D eigenvalue weighted by atomic mass is 10.2. The van der Waals surface area contributed by atoms with Crippen LogP contribution in [0, 0.1) is 0 Å². The van der Waals surface area contributed by atoms with Gasteiger partial charge in [-0.25, -0.2) is 8.42 Å². The van der Waals surface area contributed by atoms with Crippen molar-refractivity contribution >= 4 is 15.7 Å². The van der Waals surface area contributed by atoms with Crippen LogP contribution in [0.4, 0.5) is 0 Å². The second-order valence-corrected chi connectivity index (χ2v) is 7.71. The summed E-state index contributed by atoms with van der Waals surface area (Å²) in [6, 6.07) is -0.0720. The molecule has 1 aliphatic heterocycles. The summed E-state index contributed by atoms with van der Waals surface area (Å²) in [5.74, 6) is 0.390. The maximum absolute atomic E-state index is 11.9. The van der Waals surface area contributed by atoms with Crippen molar-refractivity contribution in [3.63, 3.8) is 0 Å². The highest BCUT2D eigenvalue weighted by Crippen LogP contribution is 2.18. The molecule has 0 bridgehead atoms. The van der Waals surface area contributed by atoms with Crippen molar-refractivity contribution in [2.45, 2.75) is 57.2 Å². The zero-order valence-corrected chi connectivity index (χ0v) is 11.6. The van der Waals surface area contributed by atoms with Gasteiger partial charge in [0.05, 0.1) is 17.5 Å². The van der Waals surface area contributed by atoms with Gasteiger partial charge in [-0.2, -0.15) is 0 Å². The van der Waals surface area contributed by atoms with E-state index in [1.54, 1.807) is 6.92 Å². The van der Waals surface area contributed by atoms with Gasteiger partial charge < -0.3 is 10.6 Å². The monoisotopic (exact) mass is 274 g/mol. The first-order valence-electron chi connectivity index (χ1n) is 6.73. The Balaban J connectivity index is 1.77. The average Bonchev–Trinajstić information content (AvgIpc) is 2.88. The molecular formula is C12H22N2O3S. The highest BCUT2D eigenvalue weighted by molar-refractivity contribution is 7.91. The van der Waals surface area contributed by atoms with Gasteiger partial charge in [0.2, 0.25) is 5.91 Å². The summed E-state index contributed by atoms with van der Waals surface area (Å²) < 4.78 is 22.7. The molecule has 1 heterocycles. The van der Waals surface area contributed by atoms with Crippen LogP contribution in [0.2, 0.25) is 0 Å². The number of rotatable bonds is 4. The molecule has 0 radical (unpaired) electrons. The summed E-state index contributed by atoms with van der Waals surface area (Å²) >= 11 is 0. The topological polar surface area (TPSA) is 75.3 Å². The normalized spacial score (nSPS) is 29.3. The van der Waals surface area contributed by atoms with Gasteiger partial charge in [0, 0.05) is 12.1 Å². The van der Waals surface area contributed by atoms with Crippen LogP contribution in [-0.4, -0.2) is 44.0 Å². The lowest BCUT2D eigenvalue weighted by Gasteiger charge is -2.20. The standard InChI is InChI=1S/C12H22N2O3S/c1-9(12(15)14-10-4-2-3-5-10)13-11-6-7-18(16,17)8-11/h9-11,13H,2-8H2,1H3,(H,14,15). The maximum atomic E-state index is 11.9. The second-order valence-electron chi connectivity index (χ2n) is 5.48. The third kappa shape index (κ3) is 3.68. The second kappa shape index (κ2) is 5.57. The van der Waals surface area contributed by atoms with E-state index in [1.807, 2.05) is 0 Å². The van der Waals surface area contributed by atoms with Gasteiger partial charge in [0.15, 0.2) is 9.84 Å². The number of hydrogen-bond acceptors (Lipinski definition) is 4. The first-order valence-corrected chi connectivity index (χ1v) is 8.55. The lowest BCUT2D eigenvalue weighted by Crippen LogP contribution is -2.49. The van der Waals surface area contributed by atoms with Crippen molar-refractivity contribution in [3.8, 4) is 0 Å². The number of carbonyl (C=O) groups excluding carboxylic acids is 1. The van der Waals surface area contributed by atoms with E-state index in [4.69, 9.17) is 0 Å². The molecule has 0 aromatic heterocycles. The molecule has 2 atom stereocenters. The van der Waals surface area contributed by atoms with Crippen molar-refractivity contribution in [2.24, 2.45) is 0 Å². The van der Waals surface area contributed by atoms with Crippen LogP contribution in [0.1, 0.15) is 39.0 Å². The summed E-state index contributed by atoms with van der Waals surface area (Å²) in [7, 11) is -2.88. The van der Waals surface area contributed by atoms with Crippen LogP contribution in [0.5, 0.6) is 0 Å². The smallest absolute Gasteiger partial charge is 0.237 e. The maximum Gasteiger partial charge on any atom is 0.237 e. The number of hydrogen-bond donors (Lipinski definition) is 2. The van der Waals surface area contributed by atoms with Gasteiger partial charge in [0.25, 0.3) is 0 Å². The predicted octanol–water partition coefficient (Wildman–Crippen LogP) is 0.210. The SMILES string of the molecule is CC(NC1CCS(=O)(=O)C1)C(=O)NC1CCCC1. The molecule has 0 spiro atoms. The van der Waals surface area contributed by atoms with Gasteiger partial charge in [-0.1, -0.05) is 12.8 Å². The Bertz CT molecular complexity index is 402. The van der Waals surface area contributed by atoms with Crippen molar-refractivity contribution in [2.75, 3.05) is 11.5 Å². The summed E-state index contributed by atoms with van der Waals surface area (Å²) in [6.45, 7) is 1.80. The summed E-state index contributed by atoms with van der Waals surface area (Å²) in [5, 5.41) is 6.14. The molecule has 1 saturated heterocycles. The van der Waals surface area contributed by atoms with Gasteiger partial charge in [0.1, 0.15) is 0 Å². The largest absolute Gasteiger partial charge is 0.352 e. The molecule has 18 heavy (non-hydrogen) atoms. The van der Waals surface area contributed by atoms with Crippen LogP contribution < -0.4 is 10.6 Å². The van der Waals surface area contributed by atoms with E-state index in [1.165, 1.54) is 12.8 Å². The molecule has 0 aromatic rings. The average molecular weight is 274 g/mol. The molecule has 104 valence electrons. The zero-order valence-electron chi connectivity index (χ0n) is 10.8. The van der Waals surface area contributed by atoms with Gasteiger partial charge >= 0.3 is 0 Å². The Hall–Kier alpha value is -0.620. The molecule has 2 aliphatic rings. The fraction of sp³-hybridized carbons (Fsp3) is 0.917. The highest BCUT2D eigenvalue weighted by atomic mass is 32.2. The van der Waals surface area contributed by atoms with Gasteiger partial charge in [-0.3, -0.25) is 4.79 Å². The number of carbonyl (C=O) groups is 1. The third-order valence-corrected chi connectivity index (χ3v) is 5.58. The summed E-state index contributed by atoms with van der Waals surface area (Å²) in [5.41, 5.74) is 0. The summed E-state index contributed by atoms with van der Waals surface area (Å²) in [6.07, 6.45) is 5.12. The fourth-order valence-corrected chi connectivity index (χ4v) is 4.44. The van der Waals surface area contributed by atoms with E-state index in [0.29, 0.717) is 12.5 Å². The Labute approximate surface area is 109 Å². The van der Waals surface area contributed by atoms with Crippen molar-refractivity contribution in [3.05, 3.63) is 0 Å². The van der Waals surface area contributed by atoms with Crippen LogP contribution in [0.15, 0.2) is 0 Å². The molecule has 2 fully saturated rings. The van der Waals surface area contributed by atoms with Gasteiger partial charge in [-0.15, -0.1) is 0 Å². The lowest BCUT2D eigenvalue weighted by molar-refractivity contribution is -0.123. The van der Waals surface area contributed by atoms with E-state index in [-0.39, 0.29) is 29.5 Å². The van der Waals surface area contributed by atoms with Gasteiger partial charge in [-0.05, 0) is 26.2 Å². The Morgan fingerprint density at radius 1 is 1.17 bits per heavy atom. The first-order chi connectivity index (χ1) is 8.46. The molecule has 0 aromatic carbocycles. The van der Waals surface area contributed by atoms with Crippen LogP contribution >= 0.6 is 0 Å². The number of sulfone groups is 1. The third-order valence-electron chi connectivity index (χ3n) is 3.81. The Morgan fingerprint density at radius 3 is 2.39 bits per heavy atom. The number of amides is 1. The highest BCUT2D eigenvalue weighted by Gasteiger charge is 2.30. The van der Waals surface area contributed by atoms with Crippen molar-refractivity contribution in [1.82, 2.24) is 10.6 Å². The molecular weight excluding hydrogens is 252 g/mol. The Morgan fingerprint density at radius 2 is 1.83 bits per heavy atom. The molecule has 2 unspecified atom stereocenters. The number of nitrogens with one attached hydrogen (secondary N) is 2. The molecule has 1 amide bonds. The van der Waals surface area contributed by atoms with E-state index in [9.17, 15) is 13.2 Å². The molecule has 1 aliphatic carbocycles. The van der Waals surface area contributed by atoms with Crippen LogP contribution in [0.3, 0.4) is 0 Å². The minimum absolute atomic E-state index is 0.00815. The van der Waals surface area contributed by atoms with E-state index in [0.717, 1.165) is 12.8 Å². The van der Waals surface area contributed by atoms with Crippen LogP contribution in [-0.2, 0) is 14.6 Å². The quantitative estimate of drug-likeness (QED) is 0.768. The van der Waals surface area contributed by atoms with Crippen molar-refractivity contribution < 1.29 is 13.2 Å². The molecule has 1 saturated carbocycles. The van der Waals surface area contributed by atoms with E-state index >= 15 is 0 Å². The fourth-order valence-electron chi connectivity index (χ4n) is 2.75. The minimum Gasteiger partial charge on any atom is -0.352 e. The van der Waals surface area contributed by atoms with E-state index < -0.39 is 9.84 Å². The van der Waals surface area contributed by atoms with Crippen molar-refractivity contribution in [1.29, 1.82) is 0 Å². The minimum atomic E-state index is -2.88. The van der Waals surface area contributed by atoms with Crippen LogP contribution in [0.25, 0.3) is 0 Å². The molecule has 6 heteroatoms.